The minimum absolute atomic E-state index is 0.431. The monoisotopic (exact) mass is 702 g/mol. The number of para-hydroxylation sites is 1. The minimum Gasteiger partial charge on any atom is -0.497 e. The molecule has 1 unspecified atom stereocenters. The summed E-state index contributed by atoms with van der Waals surface area (Å²) in [5.41, 5.74) is 19.7. The fourth-order valence-electron chi connectivity index (χ4n) is 7.11. The largest absolute Gasteiger partial charge is 0.497 e. The van der Waals surface area contributed by atoms with Crippen molar-refractivity contribution in [3.63, 3.8) is 0 Å². The quantitative estimate of drug-likeness (QED) is 0.124. The van der Waals surface area contributed by atoms with Gasteiger partial charge >= 0.3 is 0 Å². The Morgan fingerprint density at radius 3 is 2.31 bits per heavy atom. The van der Waals surface area contributed by atoms with Gasteiger partial charge < -0.3 is 26.0 Å². The van der Waals surface area contributed by atoms with Gasteiger partial charge in [0.1, 0.15) is 11.9 Å². The van der Waals surface area contributed by atoms with Gasteiger partial charge in [-0.15, -0.1) is 0 Å². The van der Waals surface area contributed by atoms with Crippen molar-refractivity contribution in [1.82, 2.24) is 0 Å². The first-order valence-corrected chi connectivity index (χ1v) is 18.2. The number of methoxy groups -OCH3 is 1. The highest BCUT2D eigenvalue weighted by Crippen LogP contribution is 2.39. The molecule has 0 amide bonds. The van der Waals surface area contributed by atoms with Gasteiger partial charge in [-0.05, 0) is 75.2 Å². The molecule has 0 aliphatic carbocycles. The van der Waals surface area contributed by atoms with E-state index in [1.165, 1.54) is 0 Å². The van der Waals surface area contributed by atoms with Crippen LogP contribution in [0.5, 0.6) is 5.75 Å². The zero-order valence-electron chi connectivity index (χ0n) is 30.2. The summed E-state index contributed by atoms with van der Waals surface area (Å²) in [6.45, 7) is 4.91. The molecule has 7 aromatic carbocycles. The van der Waals surface area contributed by atoms with Crippen LogP contribution in [0, 0.1) is 0 Å². The van der Waals surface area contributed by atoms with E-state index in [0.29, 0.717) is 6.54 Å². The smallest absolute Gasteiger partial charge is 0.119 e. The average Bonchev–Trinajstić information content (AvgIpc) is 3.23. The fraction of sp³-hybridized carbons (Fsp3) is 0.0612. The van der Waals surface area contributed by atoms with E-state index < -0.39 is 6.17 Å². The molecule has 0 aromatic heterocycles. The van der Waals surface area contributed by atoms with Gasteiger partial charge in [-0.1, -0.05) is 146 Å². The van der Waals surface area contributed by atoms with Gasteiger partial charge in [0.05, 0.1) is 12.8 Å². The van der Waals surface area contributed by atoms with Crippen molar-refractivity contribution in [2.45, 2.75) is 12.7 Å². The third-order valence-electron chi connectivity index (χ3n) is 9.98. The number of nitrogens with zero attached hydrogens (tertiary/aromatic N) is 1. The molecule has 7 aromatic rings. The maximum atomic E-state index is 6.93. The van der Waals surface area contributed by atoms with Crippen LogP contribution in [0.15, 0.2) is 189 Å². The Labute approximate surface area is 317 Å². The van der Waals surface area contributed by atoms with Gasteiger partial charge in [0.2, 0.25) is 0 Å². The van der Waals surface area contributed by atoms with Gasteiger partial charge in [0, 0.05) is 46.3 Å². The van der Waals surface area contributed by atoms with Gasteiger partial charge in [0.15, 0.2) is 0 Å². The second-order valence-corrected chi connectivity index (χ2v) is 13.4. The van der Waals surface area contributed by atoms with E-state index in [-0.39, 0.29) is 0 Å². The second kappa shape index (κ2) is 15.4. The summed E-state index contributed by atoms with van der Waals surface area (Å²) in [5, 5.41) is 9.82. The molecule has 264 valence electrons. The van der Waals surface area contributed by atoms with Crippen molar-refractivity contribution >= 4 is 39.1 Å². The van der Waals surface area contributed by atoms with Crippen molar-refractivity contribution in [3.8, 4) is 28.0 Å². The van der Waals surface area contributed by atoms with Gasteiger partial charge in [-0.2, -0.15) is 0 Å². The molecule has 0 radical (unpaired) electrons. The number of ether oxygens (including phenoxy) is 1. The Kier molecular flexibility index (Phi) is 9.79. The molecule has 0 spiro atoms. The lowest BCUT2D eigenvalue weighted by molar-refractivity contribution is 0.415. The average molecular weight is 703 g/mol. The Balaban J connectivity index is 1.13. The van der Waals surface area contributed by atoms with E-state index in [0.717, 1.165) is 83.8 Å². The SMILES string of the molecule is C=C1/C=C\C=C/N(c2ccc(-c3ccccc3)c(NCc3ccc4ccccc4c3NC(N)c3ccc(-c4cccc(OC)c4)cc3)c2)c2ccccc21. The van der Waals surface area contributed by atoms with Crippen LogP contribution in [0.1, 0.15) is 22.9 Å². The van der Waals surface area contributed by atoms with E-state index in [2.05, 4.69) is 180 Å². The number of rotatable bonds is 10. The van der Waals surface area contributed by atoms with E-state index in [9.17, 15) is 0 Å². The first kappa shape index (κ1) is 34.3. The van der Waals surface area contributed by atoms with Crippen LogP contribution in [0.25, 0.3) is 38.6 Å². The van der Waals surface area contributed by atoms with Crippen molar-refractivity contribution in [1.29, 1.82) is 0 Å². The molecule has 5 heteroatoms. The van der Waals surface area contributed by atoms with Crippen molar-refractivity contribution in [3.05, 3.63) is 205 Å². The highest BCUT2D eigenvalue weighted by Gasteiger charge is 2.18. The molecule has 5 nitrogen and oxygen atoms in total. The van der Waals surface area contributed by atoms with Crippen LogP contribution in [0.4, 0.5) is 22.7 Å². The number of allylic oxidation sites excluding steroid dienone is 4. The summed E-state index contributed by atoms with van der Waals surface area (Å²) in [7, 11) is 1.69. The van der Waals surface area contributed by atoms with Gasteiger partial charge in [-0.25, -0.2) is 0 Å². The number of hydrogen-bond acceptors (Lipinski definition) is 5. The molecule has 8 rings (SSSR count). The summed E-state index contributed by atoms with van der Waals surface area (Å²) in [6.07, 6.45) is 7.83. The van der Waals surface area contributed by atoms with E-state index in [1.54, 1.807) is 7.11 Å². The van der Waals surface area contributed by atoms with Crippen molar-refractivity contribution < 1.29 is 4.74 Å². The number of anilines is 4. The zero-order chi connectivity index (χ0) is 36.9. The molecule has 1 aliphatic rings. The minimum atomic E-state index is -0.431. The van der Waals surface area contributed by atoms with Crippen LogP contribution in [-0.2, 0) is 6.54 Å². The van der Waals surface area contributed by atoms with E-state index in [1.807, 2.05) is 24.3 Å². The first-order chi connectivity index (χ1) is 26.6. The van der Waals surface area contributed by atoms with Crippen LogP contribution in [0.3, 0.4) is 0 Å². The van der Waals surface area contributed by atoms with Crippen molar-refractivity contribution in [2.24, 2.45) is 5.73 Å². The highest BCUT2D eigenvalue weighted by atomic mass is 16.5. The van der Waals surface area contributed by atoms with Gasteiger partial charge in [0.25, 0.3) is 0 Å². The van der Waals surface area contributed by atoms with Crippen LogP contribution in [0.2, 0.25) is 0 Å². The highest BCUT2D eigenvalue weighted by molar-refractivity contribution is 5.96. The molecular formula is C49H42N4O. The van der Waals surface area contributed by atoms with Crippen molar-refractivity contribution in [2.75, 3.05) is 22.6 Å². The van der Waals surface area contributed by atoms with Crippen LogP contribution in [-0.4, -0.2) is 7.11 Å². The Bertz CT molecular complexity index is 2500. The molecule has 1 atom stereocenters. The Morgan fingerprint density at radius 2 is 1.46 bits per heavy atom. The van der Waals surface area contributed by atoms with E-state index in [4.69, 9.17) is 10.5 Å². The summed E-state index contributed by atoms with van der Waals surface area (Å²) in [6, 6.07) is 54.9. The molecule has 1 heterocycles. The fourth-order valence-corrected chi connectivity index (χ4v) is 7.11. The third-order valence-corrected chi connectivity index (χ3v) is 9.98. The lowest BCUT2D eigenvalue weighted by Crippen LogP contribution is -2.21. The lowest BCUT2D eigenvalue weighted by Gasteiger charge is -2.26. The number of nitrogens with one attached hydrogen (secondary N) is 2. The van der Waals surface area contributed by atoms with Crippen LogP contribution < -0.4 is 26.0 Å². The molecule has 4 N–H and O–H groups in total. The number of hydrogen-bond donors (Lipinski definition) is 3. The first-order valence-electron chi connectivity index (χ1n) is 18.2. The predicted octanol–water partition coefficient (Wildman–Crippen LogP) is 12.1. The van der Waals surface area contributed by atoms with Gasteiger partial charge in [-0.3, -0.25) is 0 Å². The molecule has 0 saturated heterocycles. The molecular weight excluding hydrogens is 661 g/mol. The molecule has 54 heavy (non-hydrogen) atoms. The Hall–Kier alpha value is -6.82. The number of benzene rings is 7. The predicted molar refractivity (Wildman–Crippen MR) is 228 cm³/mol. The maximum absolute atomic E-state index is 6.93. The number of nitrogens with two attached hydrogens (primary N) is 1. The topological polar surface area (TPSA) is 62.5 Å². The normalized spacial score (nSPS) is 14.0. The molecule has 0 fully saturated rings. The maximum Gasteiger partial charge on any atom is 0.119 e. The lowest BCUT2D eigenvalue weighted by atomic mass is 9.99. The zero-order valence-corrected chi connectivity index (χ0v) is 30.2. The van der Waals surface area contributed by atoms with Crippen LogP contribution >= 0.6 is 0 Å². The second-order valence-electron chi connectivity index (χ2n) is 13.4. The summed E-state index contributed by atoms with van der Waals surface area (Å²) >= 11 is 0. The number of fused-ring (bicyclic) bond motifs is 2. The summed E-state index contributed by atoms with van der Waals surface area (Å²) in [5.74, 6) is 0.831. The third kappa shape index (κ3) is 7.13. The summed E-state index contributed by atoms with van der Waals surface area (Å²) < 4.78 is 5.44. The Morgan fingerprint density at radius 1 is 0.685 bits per heavy atom. The molecule has 0 bridgehead atoms. The van der Waals surface area contributed by atoms with E-state index >= 15 is 0 Å². The standard InChI is InChI=1S/C49H42N4O/c1-34-13-10-11-30-53(47-21-9-8-19-43(34)47)41-28-29-44(36-14-4-3-5-15-36)46(32-41)51-33-40-27-24-37-16-6-7-20-45(37)48(40)52-49(50)38-25-22-35(23-26-38)39-17-12-18-42(31-39)54-2/h3-32,49,51-52H,1,33,50H2,2H3/b13-10-,30-11-. The summed E-state index contributed by atoms with van der Waals surface area (Å²) in [4.78, 5) is 2.23. The molecule has 1 aliphatic heterocycles. The molecule has 0 saturated carbocycles.